The van der Waals surface area contributed by atoms with Gasteiger partial charge in [-0.2, -0.15) is 0 Å². The first-order valence-corrected chi connectivity index (χ1v) is 4.36. The van der Waals surface area contributed by atoms with Gasteiger partial charge in [-0.25, -0.2) is 0 Å². The molecular weight excluding hydrogens is 185 g/mol. The molecule has 4 heteroatoms. The number of halogens is 2. The van der Waals surface area contributed by atoms with E-state index < -0.39 is 0 Å². The average molecular weight is 198 g/mol. The van der Waals surface area contributed by atoms with Crippen molar-refractivity contribution >= 4 is 23.2 Å². The highest BCUT2D eigenvalue weighted by molar-refractivity contribution is 6.36. The van der Waals surface area contributed by atoms with Gasteiger partial charge in [-0.3, -0.25) is 0 Å². The van der Waals surface area contributed by atoms with Gasteiger partial charge in [-0.15, -0.1) is 0 Å². The molecule has 0 saturated heterocycles. The molecule has 0 fully saturated rings. The molecule has 11 heavy (non-hydrogen) atoms. The van der Waals surface area contributed by atoms with E-state index in [9.17, 15) is 0 Å². The molecule has 0 spiro atoms. The summed E-state index contributed by atoms with van der Waals surface area (Å²) in [7, 11) is 0. The molecular formula is C7H13Cl2NO. The molecule has 0 aromatic rings. The molecule has 0 radical (unpaired) electrons. The third-order valence-electron chi connectivity index (χ3n) is 1.04. The van der Waals surface area contributed by atoms with Crippen LogP contribution in [0.1, 0.15) is 6.92 Å². The number of hydrogen-bond acceptors (Lipinski definition) is 2. The zero-order chi connectivity index (χ0) is 8.53. The molecule has 0 aromatic carbocycles. The van der Waals surface area contributed by atoms with Gasteiger partial charge in [-0.1, -0.05) is 23.2 Å². The highest BCUT2D eigenvalue weighted by Gasteiger charge is 1.89. The van der Waals surface area contributed by atoms with Crippen molar-refractivity contribution < 1.29 is 4.74 Å². The first kappa shape index (κ1) is 11.2. The van der Waals surface area contributed by atoms with Crippen LogP contribution in [0.3, 0.4) is 0 Å². The summed E-state index contributed by atoms with van der Waals surface area (Å²) >= 11 is 10.9. The van der Waals surface area contributed by atoms with E-state index in [4.69, 9.17) is 27.9 Å². The van der Waals surface area contributed by atoms with Gasteiger partial charge in [0.05, 0.1) is 6.61 Å². The van der Waals surface area contributed by atoms with Gasteiger partial charge in [0.2, 0.25) is 0 Å². The second kappa shape index (κ2) is 8.34. The molecule has 66 valence electrons. The molecule has 0 unspecified atom stereocenters. The zero-order valence-electron chi connectivity index (χ0n) is 6.57. The normalized spacial score (nSPS) is 12.1. The Bertz CT molecular complexity index is 117. The topological polar surface area (TPSA) is 21.3 Å². The van der Waals surface area contributed by atoms with Crippen molar-refractivity contribution in [2.45, 2.75) is 6.92 Å². The van der Waals surface area contributed by atoms with Crippen LogP contribution in [0.15, 0.2) is 10.6 Å². The van der Waals surface area contributed by atoms with Gasteiger partial charge in [0.25, 0.3) is 0 Å². The van der Waals surface area contributed by atoms with Gasteiger partial charge in [0.1, 0.15) is 0 Å². The molecule has 0 atom stereocenters. The standard InChI is InChI=1S/C7H13Cl2NO/c1-2-11-4-3-10-6-7(9)5-8/h5,10H,2-4,6H2,1H3. The van der Waals surface area contributed by atoms with Crippen molar-refractivity contribution in [1.29, 1.82) is 0 Å². The van der Waals surface area contributed by atoms with Crippen molar-refractivity contribution in [1.82, 2.24) is 5.32 Å². The van der Waals surface area contributed by atoms with E-state index in [2.05, 4.69) is 5.32 Å². The van der Waals surface area contributed by atoms with E-state index in [-0.39, 0.29) is 0 Å². The highest BCUT2D eigenvalue weighted by atomic mass is 35.5. The molecule has 0 bridgehead atoms. The Morgan fingerprint density at radius 1 is 1.64 bits per heavy atom. The Balaban J connectivity index is 3.02. The van der Waals surface area contributed by atoms with E-state index in [1.165, 1.54) is 5.54 Å². The van der Waals surface area contributed by atoms with Crippen LogP contribution in [-0.4, -0.2) is 26.3 Å². The van der Waals surface area contributed by atoms with Gasteiger partial charge < -0.3 is 10.1 Å². The van der Waals surface area contributed by atoms with E-state index >= 15 is 0 Å². The SMILES string of the molecule is CCOCCNCC(Cl)=CCl. The lowest BCUT2D eigenvalue weighted by Crippen LogP contribution is -2.20. The van der Waals surface area contributed by atoms with Crippen molar-refractivity contribution in [3.05, 3.63) is 10.6 Å². The first-order chi connectivity index (χ1) is 5.31. The lowest BCUT2D eigenvalue weighted by Gasteiger charge is -2.02. The summed E-state index contributed by atoms with van der Waals surface area (Å²) in [5.41, 5.74) is 1.36. The van der Waals surface area contributed by atoms with Crippen LogP contribution >= 0.6 is 23.2 Å². The van der Waals surface area contributed by atoms with Crippen LogP contribution in [0.25, 0.3) is 0 Å². The fourth-order valence-corrected chi connectivity index (χ4v) is 0.707. The second-order valence-corrected chi connectivity index (χ2v) is 2.63. The monoisotopic (exact) mass is 197 g/mol. The number of hydrogen-bond donors (Lipinski definition) is 1. The van der Waals surface area contributed by atoms with Crippen LogP contribution in [0, 0.1) is 0 Å². The first-order valence-electron chi connectivity index (χ1n) is 3.54. The largest absolute Gasteiger partial charge is 0.380 e. The Kier molecular flexibility index (Phi) is 8.52. The fourth-order valence-electron chi connectivity index (χ4n) is 0.535. The smallest absolute Gasteiger partial charge is 0.0590 e. The van der Waals surface area contributed by atoms with Crippen LogP contribution in [0.2, 0.25) is 0 Å². The number of nitrogens with one attached hydrogen (secondary N) is 1. The second-order valence-electron chi connectivity index (χ2n) is 1.93. The predicted molar refractivity (Wildman–Crippen MR) is 49.2 cm³/mol. The maximum Gasteiger partial charge on any atom is 0.0590 e. The Morgan fingerprint density at radius 2 is 2.36 bits per heavy atom. The van der Waals surface area contributed by atoms with Crippen molar-refractivity contribution in [3.8, 4) is 0 Å². The molecule has 1 N–H and O–H groups in total. The number of ether oxygens (including phenoxy) is 1. The Hall–Kier alpha value is 0.240. The molecule has 0 rings (SSSR count). The minimum atomic E-state index is 0.609. The van der Waals surface area contributed by atoms with Crippen molar-refractivity contribution in [3.63, 3.8) is 0 Å². The average Bonchev–Trinajstić information content (AvgIpc) is 2.04. The third-order valence-corrected chi connectivity index (χ3v) is 1.66. The molecule has 0 aliphatic carbocycles. The summed E-state index contributed by atoms with van der Waals surface area (Å²) in [5, 5.41) is 3.68. The Labute approximate surface area is 77.5 Å². The van der Waals surface area contributed by atoms with Gasteiger partial charge in [-0.05, 0) is 6.92 Å². The van der Waals surface area contributed by atoms with Crippen LogP contribution < -0.4 is 5.32 Å². The number of rotatable bonds is 6. The highest BCUT2D eigenvalue weighted by Crippen LogP contribution is 1.99. The molecule has 0 aromatic heterocycles. The Morgan fingerprint density at radius 3 is 2.91 bits per heavy atom. The molecule has 0 saturated carbocycles. The summed E-state index contributed by atoms with van der Waals surface area (Å²) in [6.45, 7) is 4.84. The van der Waals surface area contributed by atoms with Crippen molar-refractivity contribution in [2.24, 2.45) is 0 Å². The van der Waals surface area contributed by atoms with Crippen molar-refractivity contribution in [2.75, 3.05) is 26.3 Å². The lowest BCUT2D eigenvalue weighted by atomic mass is 10.6. The predicted octanol–water partition coefficient (Wildman–Crippen LogP) is 1.93. The fraction of sp³-hybridized carbons (Fsp3) is 0.714. The summed E-state index contributed by atoms with van der Waals surface area (Å²) in [6, 6.07) is 0. The third kappa shape index (κ3) is 8.14. The quantitative estimate of drug-likeness (QED) is 0.658. The molecule has 2 nitrogen and oxygen atoms in total. The van der Waals surface area contributed by atoms with Gasteiger partial charge in [0.15, 0.2) is 0 Å². The van der Waals surface area contributed by atoms with E-state index in [0.717, 1.165) is 13.2 Å². The minimum Gasteiger partial charge on any atom is -0.380 e. The van der Waals surface area contributed by atoms with E-state index in [1.807, 2.05) is 6.92 Å². The maximum absolute atomic E-state index is 5.60. The summed E-state index contributed by atoms with van der Waals surface area (Å²) in [6.07, 6.45) is 0. The van der Waals surface area contributed by atoms with Gasteiger partial charge >= 0.3 is 0 Å². The molecule has 0 aliphatic heterocycles. The van der Waals surface area contributed by atoms with E-state index in [1.54, 1.807) is 0 Å². The summed E-state index contributed by atoms with van der Waals surface area (Å²) in [5.74, 6) is 0. The van der Waals surface area contributed by atoms with Gasteiger partial charge in [0, 0.05) is 30.3 Å². The maximum atomic E-state index is 5.60. The summed E-state index contributed by atoms with van der Waals surface area (Å²) < 4.78 is 5.09. The molecule has 0 amide bonds. The van der Waals surface area contributed by atoms with Crippen LogP contribution in [0.4, 0.5) is 0 Å². The van der Waals surface area contributed by atoms with Crippen LogP contribution in [0.5, 0.6) is 0 Å². The summed E-state index contributed by atoms with van der Waals surface area (Å²) in [4.78, 5) is 0. The molecule has 0 aliphatic rings. The zero-order valence-corrected chi connectivity index (χ0v) is 8.08. The lowest BCUT2D eigenvalue weighted by molar-refractivity contribution is 0.150. The molecule has 0 heterocycles. The van der Waals surface area contributed by atoms with Crippen LogP contribution in [-0.2, 0) is 4.74 Å². The van der Waals surface area contributed by atoms with E-state index in [0.29, 0.717) is 18.2 Å². The minimum absolute atomic E-state index is 0.609.